The fourth-order valence-electron chi connectivity index (χ4n) is 4.25. The molecule has 1 spiro atoms. The molecule has 0 radical (unpaired) electrons. The van der Waals surface area contributed by atoms with E-state index in [9.17, 15) is 9.59 Å². The quantitative estimate of drug-likeness (QED) is 0.705. The lowest BCUT2D eigenvalue weighted by Crippen LogP contribution is -2.36. The summed E-state index contributed by atoms with van der Waals surface area (Å²) in [6.45, 7) is 5.55. The van der Waals surface area contributed by atoms with Crippen molar-refractivity contribution in [1.82, 2.24) is 19.6 Å². The zero-order valence-electron chi connectivity index (χ0n) is 15.7. The number of amides is 1. The summed E-state index contributed by atoms with van der Waals surface area (Å²) < 4.78 is 1.27. The van der Waals surface area contributed by atoms with Gasteiger partial charge < -0.3 is 4.90 Å². The molecule has 1 amide bonds. The molecule has 0 aliphatic carbocycles. The molecule has 6 nitrogen and oxygen atoms in total. The molecule has 2 aliphatic rings. The Bertz CT molecular complexity index is 929. The fourth-order valence-corrected chi connectivity index (χ4v) is 4.63. The number of ketones is 1. The number of hydrogen-bond acceptors (Lipinski definition) is 4. The average molecular weight is 421 g/mol. The second-order valence-electron chi connectivity index (χ2n) is 7.88. The SMILES string of the molecule is CC(=O)c1cnn(C(=O)N2CCC3(CCN(Cc4cc(Cl)ccc4Cl)C3)C2)c1. The number of nitrogens with zero attached hydrogens (tertiary/aromatic N) is 4. The molecule has 1 aromatic carbocycles. The molecule has 2 aromatic rings. The van der Waals surface area contributed by atoms with Crippen LogP contribution in [0.4, 0.5) is 4.79 Å². The van der Waals surface area contributed by atoms with Crippen molar-refractivity contribution in [2.75, 3.05) is 26.2 Å². The normalized spacial score (nSPS) is 22.3. The van der Waals surface area contributed by atoms with Crippen LogP contribution in [0.2, 0.25) is 10.0 Å². The molecule has 1 unspecified atom stereocenters. The number of benzene rings is 1. The molecule has 1 aromatic heterocycles. The number of hydrogen-bond donors (Lipinski definition) is 0. The van der Waals surface area contributed by atoms with Gasteiger partial charge in [-0.05, 0) is 50.1 Å². The van der Waals surface area contributed by atoms with E-state index in [1.54, 1.807) is 6.07 Å². The maximum atomic E-state index is 12.7. The van der Waals surface area contributed by atoms with Gasteiger partial charge in [0.2, 0.25) is 0 Å². The topological polar surface area (TPSA) is 58.4 Å². The summed E-state index contributed by atoms with van der Waals surface area (Å²) in [6.07, 6.45) is 4.97. The van der Waals surface area contributed by atoms with Gasteiger partial charge in [-0.3, -0.25) is 9.69 Å². The molecule has 0 N–H and O–H groups in total. The van der Waals surface area contributed by atoms with E-state index in [2.05, 4.69) is 10.00 Å². The third kappa shape index (κ3) is 3.81. The standard InChI is InChI=1S/C20H22Cl2N4O2/c1-14(27)16-9-23-26(11-16)19(28)25-7-5-20(13-25)4-6-24(12-20)10-15-8-17(21)2-3-18(15)22/h2-3,8-9,11H,4-7,10,12-13H2,1H3. The van der Waals surface area contributed by atoms with E-state index in [0.717, 1.165) is 43.1 Å². The molecule has 2 saturated heterocycles. The highest BCUT2D eigenvalue weighted by Gasteiger charge is 2.45. The first-order valence-corrected chi connectivity index (χ1v) is 10.1. The molecular weight excluding hydrogens is 399 g/mol. The predicted octanol–water partition coefficient (Wildman–Crippen LogP) is 3.96. The largest absolute Gasteiger partial charge is 0.344 e. The van der Waals surface area contributed by atoms with Gasteiger partial charge in [-0.15, -0.1) is 0 Å². The second kappa shape index (κ2) is 7.50. The molecule has 2 fully saturated rings. The summed E-state index contributed by atoms with van der Waals surface area (Å²) in [4.78, 5) is 28.4. The third-order valence-electron chi connectivity index (χ3n) is 5.81. The molecular formula is C20H22Cl2N4O2. The van der Waals surface area contributed by atoms with Crippen LogP contribution in [0.15, 0.2) is 30.6 Å². The van der Waals surface area contributed by atoms with Crippen molar-refractivity contribution in [1.29, 1.82) is 0 Å². The molecule has 28 heavy (non-hydrogen) atoms. The van der Waals surface area contributed by atoms with Crippen molar-refractivity contribution >= 4 is 35.0 Å². The zero-order valence-corrected chi connectivity index (χ0v) is 17.2. The smallest absolute Gasteiger partial charge is 0.322 e. The lowest BCUT2D eigenvalue weighted by molar-refractivity contribution is 0.101. The summed E-state index contributed by atoms with van der Waals surface area (Å²) in [5.74, 6) is -0.0944. The number of carbonyl (C=O) groups is 2. The van der Waals surface area contributed by atoms with Crippen LogP contribution in [0, 0.1) is 5.41 Å². The summed E-state index contributed by atoms with van der Waals surface area (Å²) in [6, 6.07) is 5.39. The van der Waals surface area contributed by atoms with Gasteiger partial charge in [0, 0.05) is 47.8 Å². The molecule has 2 aliphatic heterocycles. The van der Waals surface area contributed by atoms with Crippen LogP contribution in [-0.2, 0) is 6.54 Å². The monoisotopic (exact) mass is 420 g/mol. The van der Waals surface area contributed by atoms with Crippen molar-refractivity contribution in [2.24, 2.45) is 5.41 Å². The van der Waals surface area contributed by atoms with Crippen molar-refractivity contribution in [3.05, 3.63) is 51.8 Å². The van der Waals surface area contributed by atoms with Crippen molar-refractivity contribution in [2.45, 2.75) is 26.3 Å². The lowest BCUT2D eigenvalue weighted by atomic mass is 9.86. The van der Waals surface area contributed by atoms with Gasteiger partial charge in [0.15, 0.2) is 5.78 Å². The number of rotatable bonds is 3. The molecule has 4 rings (SSSR count). The van der Waals surface area contributed by atoms with Gasteiger partial charge in [-0.1, -0.05) is 23.2 Å². The third-order valence-corrected chi connectivity index (χ3v) is 6.42. The molecule has 8 heteroatoms. The van der Waals surface area contributed by atoms with E-state index in [1.807, 2.05) is 17.0 Å². The highest BCUT2D eigenvalue weighted by Crippen LogP contribution is 2.40. The first-order valence-electron chi connectivity index (χ1n) is 9.36. The Morgan fingerprint density at radius 2 is 1.96 bits per heavy atom. The number of likely N-dealkylation sites (tertiary alicyclic amines) is 2. The van der Waals surface area contributed by atoms with Gasteiger partial charge in [-0.25, -0.2) is 4.79 Å². The van der Waals surface area contributed by atoms with Crippen LogP contribution >= 0.6 is 23.2 Å². The number of carbonyl (C=O) groups excluding carboxylic acids is 2. The lowest BCUT2D eigenvalue weighted by Gasteiger charge is -2.25. The fraction of sp³-hybridized carbons (Fsp3) is 0.450. The van der Waals surface area contributed by atoms with Gasteiger partial charge >= 0.3 is 6.03 Å². The molecule has 3 heterocycles. The number of aromatic nitrogens is 2. The molecule has 0 saturated carbocycles. The van der Waals surface area contributed by atoms with E-state index in [1.165, 1.54) is 24.0 Å². The summed E-state index contributed by atoms with van der Waals surface area (Å²) in [7, 11) is 0. The van der Waals surface area contributed by atoms with E-state index in [4.69, 9.17) is 23.2 Å². The van der Waals surface area contributed by atoms with Crippen LogP contribution in [0.25, 0.3) is 0 Å². The first kappa shape index (κ1) is 19.4. The Kier molecular flexibility index (Phi) is 5.21. The van der Waals surface area contributed by atoms with Gasteiger partial charge in [0.05, 0.1) is 11.8 Å². The highest BCUT2D eigenvalue weighted by atomic mass is 35.5. The maximum absolute atomic E-state index is 12.7. The van der Waals surface area contributed by atoms with Gasteiger partial charge in [0.25, 0.3) is 0 Å². The Labute approximate surface area is 174 Å². The average Bonchev–Trinajstić information content (AvgIpc) is 3.38. The Morgan fingerprint density at radius 1 is 1.18 bits per heavy atom. The second-order valence-corrected chi connectivity index (χ2v) is 8.72. The van der Waals surface area contributed by atoms with E-state index in [-0.39, 0.29) is 17.2 Å². The minimum Gasteiger partial charge on any atom is -0.322 e. The van der Waals surface area contributed by atoms with Gasteiger partial charge in [-0.2, -0.15) is 9.78 Å². The van der Waals surface area contributed by atoms with E-state index in [0.29, 0.717) is 23.7 Å². The van der Waals surface area contributed by atoms with E-state index < -0.39 is 0 Å². The molecule has 0 bridgehead atoms. The Hall–Kier alpha value is -1.89. The number of Topliss-reactive ketones (excluding diaryl/α,β-unsaturated/α-hetero) is 1. The molecule has 1 atom stereocenters. The Morgan fingerprint density at radius 3 is 2.71 bits per heavy atom. The van der Waals surface area contributed by atoms with Crippen molar-refractivity contribution in [3.63, 3.8) is 0 Å². The summed E-state index contributed by atoms with van der Waals surface area (Å²) in [5, 5.41) is 5.47. The number of halogens is 2. The first-order chi connectivity index (χ1) is 13.3. The van der Waals surface area contributed by atoms with Crippen LogP contribution in [0.1, 0.15) is 35.7 Å². The van der Waals surface area contributed by atoms with Crippen LogP contribution < -0.4 is 0 Å². The summed E-state index contributed by atoms with van der Waals surface area (Å²) in [5.41, 5.74) is 1.59. The molecule has 148 valence electrons. The van der Waals surface area contributed by atoms with Crippen LogP contribution in [-0.4, -0.2) is 57.6 Å². The summed E-state index contributed by atoms with van der Waals surface area (Å²) >= 11 is 12.4. The minimum absolute atomic E-state index is 0.0944. The van der Waals surface area contributed by atoms with Gasteiger partial charge in [0.1, 0.15) is 0 Å². The van der Waals surface area contributed by atoms with Crippen molar-refractivity contribution in [3.8, 4) is 0 Å². The predicted molar refractivity (Wildman–Crippen MR) is 108 cm³/mol. The highest BCUT2D eigenvalue weighted by molar-refractivity contribution is 6.33. The Balaban J connectivity index is 1.40. The van der Waals surface area contributed by atoms with Crippen LogP contribution in [0.5, 0.6) is 0 Å². The maximum Gasteiger partial charge on any atom is 0.344 e. The minimum atomic E-state index is -0.166. The van der Waals surface area contributed by atoms with Crippen molar-refractivity contribution < 1.29 is 9.59 Å². The van der Waals surface area contributed by atoms with E-state index >= 15 is 0 Å². The zero-order chi connectivity index (χ0) is 19.9. The van der Waals surface area contributed by atoms with Crippen LogP contribution in [0.3, 0.4) is 0 Å².